The highest BCUT2D eigenvalue weighted by molar-refractivity contribution is 6.23. The number of esters is 1. The van der Waals surface area contributed by atoms with E-state index in [4.69, 9.17) is 14.2 Å². The number of hydrogen-bond donors (Lipinski definition) is 0. The molecule has 0 saturated carbocycles. The topological polar surface area (TPSA) is 115 Å². The number of hydrogen-bond acceptors (Lipinski definition) is 8. The molecule has 1 aliphatic heterocycles. The lowest BCUT2D eigenvalue weighted by Gasteiger charge is -2.28. The molecule has 2 heterocycles. The van der Waals surface area contributed by atoms with Crippen LogP contribution in [-0.2, 0) is 20.9 Å². The van der Waals surface area contributed by atoms with E-state index in [0.717, 1.165) is 4.90 Å². The first-order valence-corrected chi connectivity index (χ1v) is 11.9. The third-order valence-corrected chi connectivity index (χ3v) is 6.10. The van der Waals surface area contributed by atoms with Crippen molar-refractivity contribution in [1.29, 1.82) is 0 Å². The average Bonchev–Trinajstić information content (AvgIpc) is 3.24. The monoisotopic (exact) mass is 517 g/mol. The van der Waals surface area contributed by atoms with E-state index in [1.807, 2.05) is 0 Å². The lowest BCUT2D eigenvalue weighted by molar-refractivity contribution is -0.122. The fourth-order valence-corrected chi connectivity index (χ4v) is 4.24. The second kappa shape index (κ2) is 11.5. The number of carbonyl (C=O) groups excluding carboxylic acids is 4. The molecule has 1 aliphatic rings. The average molecular weight is 518 g/mol. The standard InChI is InChI=1S/C28H27N3O7/c1-4-38-28(35)19-7-10-21(11-8-19)31-25(32)15-22(27(31)34)30(17-18-6-5-13-29-16-18)26(33)20-9-12-23(36-2)24(14-20)37-3/h5-14,16,22H,4,15,17H2,1-3H3. The second-order valence-electron chi connectivity index (χ2n) is 8.42. The Labute approximate surface area is 219 Å². The molecule has 38 heavy (non-hydrogen) atoms. The number of amides is 3. The summed E-state index contributed by atoms with van der Waals surface area (Å²) in [6.07, 6.45) is 3.01. The van der Waals surface area contributed by atoms with Gasteiger partial charge in [-0.2, -0.15) is 0 Å². The van der Waals surface area contributed by atoms with E-state index in [2.05, 4.69) is 4.98 Å². The number of pyridine rings is 1. The first kappa shape index (κ1) is 26.3. The zero-order valence-electron chi connectivity index (χ0n) is 21.2. The van der Waals surface area contributed by atoms with Crippen molar-refractivity contribution in [3.63, 3.8) is 0 Å². The Morgan fingerprint density at radius 3 is 2.34 bits per heavy atom. The van der Waals surface area contributed by atoms with Crippen LogP contribution in [0.15, 0.2) is 67.0 Å². The highest BCUT2D eigenvalue weighted by atomic mass is 16.5. The third kappa shape index (κ3) is 5.34. The van der Waals surface area contributed by atoms with Crippen molar-refractivity contribution in [1.82, 2.24) is 9.88 Å². The summed E-state index contributed by atoms with van der Waals surface area (Å²) in [5.41, 5.74) is 1.56. The van der Waals surface area contributed by atoms with Gasteiger partial charge in [0.05, 0.1) is 38.5 Å². The van der Waals surface area contributed by atoms with Gasteiger partial charge in [-0.15, -0.1) is 0 Å². The molecule has 3 amide bonds. The number of imide groups is 1. The van der Waals surface area contributed by atoms with Crippen molar-refractivity contribution < 1.29 is 33.4 Å². The van der Waals surface area contributed by atoms with Crippen molar-refractivity contribution >= 4 is 29.4 Å². The fourth-order valence-electron chi connectivity index (χ4n) is 4.24. The molecule has 0 spiro atoms. The quantitative estimate of drug-likeness (QED) is 0.314. The number of benzene rings is 2. The van der Waals surface area contributed by atoms with E-state index >= 15 is 0 Å². The summed E-state index contributed by atoms with van der Waals surface area (Å²) < 4.78 is 15.6. The number of aromatic nitrogens is 1. The van der Waals surface area contributed by atoms with Crippen molar-refractivity contribution in [3.8, 4) is 11.5 Å². The van der Waals surface area contributed by atoms with Crippen LogP contribution in [-0.4, -0.2) is 60.4 Å². The lowest BCUT2D eigenvalue weighted by atomic mass is 10.1. The zero-order chi connectivity index (χ0) is 27.2. The number of methoxy groups -OCH3 is 2. The van der Waals surface area contributed by atoms with Crippen LogP contribution in [0, 0.1) is 0 Å². The van der Waals surface area contributed by atoms with Crippen LogP contribution >= 0.6 is 0 Å². The number of carbonyl (C=O) groups is 4. The Morgan fingerprint density at radius 2 is 1.71 bits per heavy atom. The van der Waals surface area contributed by atoms with Crippen molar-refractivity contribution in [2.75, 3.05) is 25.7 Å². The summed E-state index contributed by atoms with van der Waals surface area (Å²) in [6, 6.07) is 13.2. The summed E-state index contributed by atoms with van der Waals surface area (Å²) in [5, 5.41) is 0. The van der Waals surface area contributed by atoms with Crippen LogP contribution in [0.3, 0.4) is 0 Å². The van der Waals surface area contributed by atoms with Crippen LogP contribution in [0.25, 0.3) is 0 Å². The lowest BCUT2D eigenvalue weighted by Crippen LogP contribution is -2.45. The van der Waals surface area contributed by atoms with Gasteiger partial charge in [0.2, 0.25) is 5.91 Å². The number of anilines is 1. The van der Waals surface area contributed by atoms with E-state index in [1.165, 1.54) is 49.5 Å². The second-order valence-corrected chi connectivity index (χ2v) is 8.42. The molecule has 0 bridgehead atoms. The molecule has 1 aromatic heterocycles. The minimum atomic E-state index is -1.05. The molecule has 0 N–H and O–H groups in total. The van der Waals surface area contributed by atoms with E-state index in [1.54, 1.807) is 43.6 Å². The molecule has 196 valence electrons. The highest BCUT2D eigenvalue weighted by Crippen LogP contribution is 2.31. The number of nitrogens with zero attached hydrogens (tertiary/aromatic N) is 3. The van der Waals surface area contributed by atoms with Gasteiger partial charge in [-0.05, 0) is 61.0 Å². The zero-order valence-corrected chi connectivity index (χ0v) is 21.2. The van der Waals surface area contributed by atoms with Crippen LogP contribution in [0.1, 0.15) is 39.6 Å². The summed E-state index contributed by atoms with van der Waals surface area (Å²) in [7, 11) is 2.95. The minimum absolute atomic E-state index is 0.0559. The van der Waals surface area contributed by atoms with Gasteiger partial charge in [0.1, 0.15) is 6.04 Å². The normalized spacial score (nSPS) is 14.8. The van der Waals surface area contributed by atoms with Gasteiger partial charge in [-0.3, -0.25) is 19.4 Å². The predicted molar refractivity (Wildman–Crippen MR) is 137 cm³/mol. The molecular weight excluding hydrogens is 490 g/mol. The molecule has 1 unspecified atom stereocenters. The Kier molecular flexibility index (Phi) is 8.00. The molecule has 1 saturated heterocycles. The maximum atomic E-state index is 13.8. The van der Waals surface area contributed by atoms with E-state index < -0.39 is 29.7 Å². The Bertz CT molecular complexity index is 1340. The van der Waals surface area contributed by atoms with Crippen LogP contribution in [0.4, 0.5) is 5.69 Å². The molecular formula is C28H27N3O7. The Hall–Kier alpha value is -4.73. The van der Waals surface area contributed by atoms with E-state index in [9.17, 15) is 19.2 Å². The molecule has 1 fully saturated rings. The molecule has 2 aromatic carbocycles. The first-order valence-electron chi connectivity index (χ1n) is 11.9. The summed E-state index contributed by atoms with van der Waals surface area (Å²) in [5.74, 6) is -1.15. The number of ether oxygens (including phenoxy) is 3. The molecule has 1 atom stereocenters. The molecule has 4 rings (SSSR count). The molecule has 0 aliphatic carbocycles. The van der Waals surface area contributed by atoms with E-state index in [-0.39, 0.29) is 25.1 Å². The molecule has 10 nitrogen and oxygen atoms in total. The highest BCUT2D eigenvalue weighted by Gasteiger charge is 2.44. The Morgan fingerprint density at radius 1 is 1.00 bits per heavy atom. The van der Waals surface area contributed by atoms with Crippen LogP contribution in [0.2, 0.25) is 0 Å². The third-order valence-electron chi connectivity index (χ3n) is 6.10. The largest absolute Gasteiger partial charge is 0.493 e. The number of rotatable bonds is 9. The molecule has 3 aromatic rings. The van der Waals surface area contributed by atoms with Crippen LogP contribution < -0.4 is 14.4 Å². The Balaban J connectivity index is 1.66. The van der Waals surface area contributed by atoms with Crippen molar-refractivity contribution in [2.24, 2.45) is 0 Å². The predicted octanol–water partition coefficient (Wildman–Crippen LogP) is 3.25. The van der Waals surface area contributed by atoms with Gasteiger partial charge in [0.15, 0.2) is 11.5 Å². The van der Waals surface area contributed by atoms with Crippen molar-refractivity contribution in [2.45, 2.75) is 25.9 Å². The van der Waals surface area contributed by atoms with Crippen LogP contribution in [0.5, 0.6) is 11.5 Å². The minimum Gasteiger partial charge on any atom is -0.493 e. The molecule has 0 radical (unpaired) electrons. The maximum Gasteiger partial charge on any atom is 0.338 e. The van der Waals surface area contributed by atoms with Gasteiger partial charge in [0.25, 0.3) is 11.8 Å². The summed E-state index contributed by atoms with van der Waals surface area (Å²) >= 11 is 0. The summed E-state index contributed by atoms with van der Waals surface area (Å²) in [4.78, 5) is 58.9. The first-order chi connectivity index (χ1) is 18.4. The molecule has 10 heteroatoms. The smallest absolute Gasteiger partial charge is 0.338 e. The van der Waals surface area contributed by atoms with Crippen molar-refractivity contribution in [3.05, 3.63) is 83.7 Å². The van der Waals surface area contributed by atoms with Gasteiger partial charge < -0.3 is 19.1 Å². The van der Waals surface area contributed by atoms with Gasteiger partial charge in [-0.1, -0.05) is 6.07 Å². The maximum absolute atomic E-state index is 13.8. The van der Waals surface area contributed by atoms with Gasteiger partial charge in [-0.25, -0.2) is 9.69 Å². The van der Waals surface area contributed by atoms with Gasteiger partial charge >= 0.3 is 5.97 Å². The summed E-state index contributed by atoms with van der Waals surface area (Å²) in [6.45, 7) is 1.99. The van der Waals surface area contributed by atoms with Gasteiger partial charge in [0, 0.05) is 24.5 Å². The fraction of sp³-hybridized carbons (Fsp3) is 0.250. The van der Waals surface area contributed by atoms with E-state index in [0.29, 0.717) is 28.3 Å². The SMILES string of the molecule is CCOC(=O)c1ccc(N2C(=O)CC(N(Cc3cccnc3)C(=O)c3ccc(OC)c(OC)c3)C2=O)cc1.